The lowest BCUT2D eigenvalue weighted by Gasteiger charge is -2.48. The number of aromatic hydroxyl groups is 1. The van der Waals surface area contributed by atoms with Crippen LogP contribution in [0.1, 0.15) is 39.9 Å². The van der Waals surface area contributed by atoms with Crippen molar-refractivity contribution < 1.29 is 62.7 Å². The Morgan fingerprint density at radius 2 is 1.65 bits per heavy atom. The van der Waals surface area contributed by atoms with Crippen LogP contribution < -0.4 is 18.9 Å². The van der Waals surface area contributed by atoms with Crippen LogP contribution in [0, 0.1) is 11.8 Å². The number of benzene rings is 2. The summed E-state index contributed by atoms with van der Waals surface area (Å²) in [5.74, 6) is -1.08. The number of ether oxygens (including phenoxy) is 9. The summed E-state index contributed by atoms with van der Waals surface area (Å²) in [5, 5.41) is 35.0. The Labute approximate surface area is 267 Å². The highest BCUT2D eigenvalue weighted by Crippen LogP contribution is 2.57. The quantitative estimate of drug-likeness (QED) is 0.333. The Bertz CT molecular complexity index is 1600. The minimum atomic E-state index is -1.47. The molecular formula is C32H32O13S. The second-order valence-corrected chi connectivity index (χ2v) is 12.7. The Morgan fingerprint density at radius 3 is 2.35 bits per heavy atom. The van der Waals surface area contributed by atoms with Crippen molar-refractivity contribution in [2.75, 3.05) is 34.2 Å². The van der Waals surface area contributed by atoms with Crippen molar-refractivity contribution in [3.63, 3.8) is 0 Å². The van der Waals surface area contributed by atoms with Crippen LogP contribution in [0.5, 0.6) is 28.7 Å². The van der Waals surface area contributed by atoms with Crippen molar-refractivity contribution in [3.8, 4) is 28.7 Å². The number of hydrogen-bond acceptors (Lipinski definition) is 14. The zero-order valence-corrected chi connectivity index (χ0v) is 25.6. The van der Waals surface area contributed by atoms with Gasteiger partial charge >= 0.3 is 5.97 Å². The van der Waals surface area contributed by atoms with Crippen LogP contribution >= 0.6 is 11.3 Å². The molecule has 1 aliphatic carbocycles. The summed E-state index contributed by atoms with van der Waals surface area (Å²) in [5.41, 5.74) is 2.00. The van der Waals surface area contributed by atoms with E-state index in [0.717, 1.165) is 4.88 Å². The molecule has 3 fully saturated rings. The van der Waals surface area contributed by atoms with Gasteiger partial charge in [0.2, 0.25) is 12.5 Å². The molecule has 0 radical (unpaired) electrons. The van der Waals surface area contributed by atoms with Gasteiger partial charge in [0.15, 0.2) is 35.6 Å². The number of hydrogen-bond donors (Lipinski definition) is 3. The van der Waals surface area contributed by atoms with Gasteiger partial charge in [0.05, 0.1) is 44.3 Å². The molecule has 3 N–H and O–H groups in total. The molecule has 14 heteroatoms. The lowest BCUT2D eigenvalue weighted by molar-refractivity contribution is -0.368. The average molecular weight is 657 g/mol. The number of rotatable bonds is 6. The lowest BCUT2D eigenvalue weighted by Crippen LogP contribution is -2.62. The predicted molar refractivity (Wildman–Crippen MR) is 156 cm³/mol. The molecule has 1 aromatic heterocycles. The number of phenols is 1. The Hall–Kier alpha value is -3.63. The molecule has 5 aliphatic rings. The zero-order chi connectivity index (χ0) is 31.7. The number of carbonyl (C=O) groups excluding carboxylic acids is 1. The third kappa shape index (κ3) is 4.70. The van der Waals surface area contributed by atoms with Crippen LogP contribution in [0.3, 0.4) is 0 Å². The molecular weight excluding hydrogens is 624 g/mol. The number of phenolic OH excluding ortho intramolecular Hbond substituents is 1. The molecule has 244 valence electrons. The van der Waals surface area contributed by atoms with E-state index in [1.807, 2.05) is 23.6 Å². The highest BCUT2D eigenvalue weighted by molar-refractivity contribution is 7.10. The van der Waals surface area contributed by atoms with E-state index in [0.29, 0.717) is 28.2 Å². The van der Waals surface area contributed by atoms with Crippen molar-refractivity contribution in [2.45, 2.75) is 49.0 Å². The van der Waals surface area contributed by atoms with Gasteiger partial charge in [-0.3, -0.25) is 4.79 Å². The standard InChI is InChI=1S/C32H32O13S/c1-37-19-6-13(7-20(38-2)25(19)33)23-14-8-17-18(42-12-41-17)9-15(14)28(16-10-39-30(36)24(16)23)44-32-27(35)26(34)29-21(43-32)11-40-31(45-29)22-4-3-5-46-22/h3-9,16,21,23-24,26-29,31-35H,10-12H2,1-2H3/t16-,21+,23+,24-,26+,27+,28?,29+,31?,32?/m0/s1. The van der Waals surface area contributed by atoms with Gasteiger partial charge in [-0.2, -0.15) is 0 Å². The lowest BCUT2D eigenvalue weighted by atomic mass is 9.66. The first-order valence-corrected chi connectivity index (χ1v) is 15.8. The van der Waals surface area contributed by atoms with Gasteiger partial charge in [-0.25, -0.2) is 0 Å². The van der Waals surface area contributed by atoms with Gasteiger partial charge in [0, 0.05) is 11.8 Å². The maximum atomic E-state index is 13.5. The maximum absolute atomic E-state index is 13.5. The summed E-state index contributed by atoms with van der Waals surface area (Å²) >= 11 is 1.46. The summed E-state index contributed by atoms with van der Waals surface area (Å²) in [7, 11) is 2.86. The first-order valence-electron chi connectivity index (χ1n) is 14.9. The van der Waals surface area contributed by atoms with Gasteiger partial charge in [0.1, 0.15) is 24.4 Å². The van der Waals surface area contributed by atoms with Crippen LogP contribution in [-0.4, -0.2) is 86.2 Å². The molecule has 5 heterocycles. The van der Waals surface area contributed by atoms with E-state index < -0.39 is 66.8 Å². The number of carbonyl (C=O) groups is 1. The van der Waals surface area contributed by atoms with Crippen LogP contribution in [0.15, 0.2) is 41.8 Å². The highest BCUT2D eigenvalue weighted by Gasteiger charge is 2.56. The van der Waals surface area contributed by atoms with Crippen molar-refractivity contribution >= 4 is 17.3 Å². The molecule has 0 amide bonds. The largest absolute Gasteiger partial charge is 0.502 e. The van der Waals surface area contributed by atoms with Crippen molar-refractivity contribution in [3.05, 3.63) is 63.3 Å². The summed E-state index contributed by atoms with van der Waals surface area (Å²) in [4.78, 5) is 14.3. The topological polar surface area (TPSA) is 161 Å². The summed E-state index contributed by atoms with van der Waals surface area (Å²) in [6, 6.07) is 10.7. The molecule has 3 saturated heterocycles. The smallest absolute Gasteiger partial charge is 0.310 e. The second kappa shape index (κ2) is 11.6. The van der Waals surface area contributed by atoms with Crippen molar-refractivity contribution in [1.82, 2.24) is 0 Å². The van der Waals surface area contributed by atoms with E-state index in [2.05, 4.69) is 0 Å². The number of aliphatic hydroxyl groups is 2. The molecule has 3 unspecified atom stereocenters. The monoisotopic (exact) mass is 656 g/mol. The van der Waals surface area contributed by atoms with Crippen LogP contribution in [0.2, 0.25) is 0 Å². The van der Waals surface area contributed by atoms with E-state index in [4.69, 9.17) is 42.6 Å². The van der Waals surface area contributed by atoms with Crippen LogP contribution in [0.25, 0.3) is 0 Å². The van der Waals surface area contributed by atoms with Crippen LogP contribution in [0.4, 0.5) is 0 Å². The minimum Gasteiger partial charge on any atom is -0.502 e. The van der Waals surface area contributed by atoms with Crippen LogP contribution in [-0.2, 0) is 28.5 Å². The molecule has 4 aliphatic heterocycles. The molecule has 46 heavy (non-hydrogen) atoms. The number of esters is 1. The molecule has 0 bridgehead atoms. The Kier molecular flexibility index (Phi) is 7.48. The van der Waals surface area contributed by atoms with E-state index in [1.165, 1.54) is 25.6 Å². The molecule has 2 aromatic carbocycles. The molecule has 10 atom stereocenters. The van der Waals surface area contributed by atoms with Crippen molar-refractivity contribution in [1.29, 1.82) is 0 Å². The number of methoxy groups -OCH3 is 2. The van der Waals surface area contributed by atoms with Gasteiger partial charge in [-0.15, -0.1) is 11.3 Å². The van der Waals surface area contributed by atoms with Gasteiger partial charge in [0.25, 0.3) is 0 Å². The molecule has 0 saturated carbocycles. The predicted octanol–water partition coefficient (Wildman–Crippen LogP) is 2.75. The van der Waals surface area contributed by atoms with Gasteiger partial charge < -0.3 is 58.0 Å². The highest BCUT2D eigenvalue weighted by atomic mass is 32.1. The fraction of sp³-hybridized carbons (Fsp3) is 0.469. The Balaban J connectivity index is 1.16. The number of cyclic esters (lactones) is 1. The van der Waals surface area contributed by atoms with E-state index >= 15 is 0 Å². The normalized spacial score (nSPS) is 34.3. The molecule has 0 spiro atoms. The fourth-order valence-electron chi connectivity index (χ4n) is 7.18. The van der Waals surface area contributed by atoms with Gasteiger partial charge in [-0.1, -0.05) is 6.07 Å². The van der Waals surface area contributed by atoms with E-state index in [9.17, 15) is 20.1 Å². The summed E-state index contributed by atoms with van der Waals surface area (Å²) < 4.78 is 52.6. The van der Waals surface area contributed by atoms with E-state index in [-0.39, 0.29) is 37.3 Å². The Morgan fingerprint density at radius 1 is 0.913 bits per heavy atom. The van der Waals surface area contributed by atoms with E-state index in [1.54, 1.807) is 18.2 Å². The maximum Gasteiger partial charge on any atom is 0.310 e. The number of aliphatic hydroxyl groups excluding tert-OH is 2. The summed E-state index contributed by atoms with van der Waals surface area (Å²) in [6.45, 7) is 0.171. The second-order valence-electron chi connectivity index (χ2n) is 11.8. The first kappa shape index (κ1) is 29.8. The SMILES string of the molecule is COc1cc([C@@H]2c3cc4c(cc3C(OC3O[C@@H]5COC(c6cccs6)O[C@H]5[C@H](O)[C@H]3O)[C@H]3COC(=O)[C@H]23)OCO4)cc(OC)c1O. The third-order valence-corrected chi connectivity index (χ3v) is 10.3. The average Bonchev–Trinajstić information content (AvgIpc) is 3.85. The third-order valence-electron chi connectivity index (χ3n) is 9.37. The number of thiophene rings is 1. The zero-order valence-electron chi connectivity index (χ0n) is 24.8. The molecule has 3 aromatic rings. The minimum absolute atomic E-state index is 0.0242. The van der Waals surface area contributed by atoms with Crippen molar-refractivity contribution in [2.24, 2.45) is 11.8 Å². The van der Waals surface area contributed by atoms with Gasteiger partial charge in [-0.05, 0) is 52.4 Å². The molecule has 8 rings (SSSR count). The first-order chi connectivity index (χ1) is 22.4. The molecule has 13 nitrogen and oxygen atoms in total. The fourth-order valence-corrected chi connectivity index (χ4v) is 7.89. The summed E-state index contributed by atoms with van der Waals surface area (Å²) in [6.07, 6.45) is -7.16. The number of fused-ring (bicyclic) bond motifs is 4.